The monoisotopic (exact) mass is 237 g/mol. The average Bonchev–Trinajstić information content (AvgIpc) is 2.23. The molecule has 2 aliphatic rings. The van der Waals surface area contributed by atoms with Gasteiger partial charge in [0, 0.05) is 12.5 Å². The summed E-state index contributed by atoms with van der Waals surface area (Å²) in [4.78, 5) is 22.3. The Labute approximate surface area is 101 Å². The molecule has 94 valence electrons. The van der Waals surface area contributed by atoms with Crippen molar-refractivity contribution in [2.75, 3.05) is 0 Å². The number of amides is 1. The summed E-state index contributed by atoms with van der Waals surface area (Å²) in [5, 5.41) is 11.6. The molecule has 1 fully saturated rings. The van der Waals surface area contributed by atoms with Gasteiger partial charge in [-0.1, -0.05) is 11.6 Å². The van der Waals surface area contributed by atoms with E-state index in [1.165, 1.54) is 18.4 Å². The summed E-state index contributed by atoms with van der Waals surface area (Å²) in [6.45, 7) is 0. The van der Waals surface area contributed by atoms with Gasteiger partial charge in [-0.05, 0) is 38.5 Å². The molecule has 0 atom stereocenters. The molecule has 1 amide bonds. The topological polar surface area (TPSA) is 66.4 Å². The van der Waals surface area contributed by atoms with Crippen molar-refractivity contribution < 1.29 is 14.7 Å². The Bertz CT molecular complexity index is 343. The van der Waals surface area contributed by atoms with E-state index in [0.717, 1.165) is 12.8 Å². The number of carboxylic acid groups (broad SMARTS) is 1. The molecule has 2 rings (SSSR count). The summed E-state index contributed by atoms with van der Waals surface area (Å²) in [5.41, 5.74) is 1.24. The first-order chi connectivity index (χ1) is 8.15. The maximum Gasteiger partial charge on any atom is 0.306 e. The van der Waals surface area contributed by atoms with Crippen molar-refractivity contribution >= 4 is 11.9 Å². The van der Waals surface area contributed by atoms with Crippen LogP contribution in [0.2, 0.25) is 0 Å². The standard InChI is InChI=1S/C13H19NO3/c15-12(6-9-4-2-1-3-5-9)14-11-7-10(8-11)13(16)17/h4,10-11H,1-3,5-8H2,(H,14,15)(H,16,17). The molecule has 0 aromatic heterocycles. The lowest BCUT2D eigenvalue weighted by atomic mass is 9.80. The fraction of sp³-hybridized carbons (Fsp3) is 0.692. The minimum absolute atomic E-state index is 0.0481. The van der Waals surface area contributed by atoms with Crippen molar-refractivity contribution in [3.63, 3.8) is 0 Å². The van der Waals surface area contributed by atoms with E-state index in [9.17, 15) is 9.59 Å². The zero-order valence-electron chi connectivity index (χ0n) is 9.95. The van der Waals surface area contributed by atoms with E-state index in [2.05, 4.69) is 11.4 Å². The lowest BCUT2D eigenvalue weighted by Crippen LogP contribution is -2.46. The second-order valence-electron chi connectivity index (χ2n) is 5.06. The second kappa shape index (κ2) is 5.34. The van der Waals surface area contributed by atoms with Crippen LogP contribution in [0.1, 0.15) is 44.9 Å². The van der Waals surface area contributed by atoms with Crippen molar-refractivity contribution in [3.8, 4) is 0 Å². The van der Waals surface area contributed by atoms with Gasteiger partial charge in [0.05, 0.1) is 5.92 Å². The fourth-order valence-corrected chi connectivity index (χ4v) is 2.49. The SMILES string of the molecule is O=C(CC1=CCCCC1)NC1CC(C(=O)O)C1. The van der Waals surface area contributed by atoms with Crippen LogP contribution in [-0.2, 0) is 9.59 Å². The average molecular weight is 237 g/mol. The molecule has 0 spiro atoms. The van der Waals surface area contributed by atoms with E-state index >= 15 is 0 Å². The molecule has 2 aliphatic carbocycles. The predicted molar refractivity (Wildman–Crippen MR) is 63.5 cm³/mol. The number of nitrogens with one attached hydrogen (secondary N) is 1. The van der Waals surface area contributed by atoms with E-state index in [-0.39, 0.29) is 17.9 Å². The highest BCUT2D eigenvalue weighted by molar-refractivity contribution is 5.79. The molecule has 0 bridgehead atoms. The van der Waals surface area contributed by atoms with Gasteiger partial charge in [0.2, 0.25) is 5.91 Å². The van der Waals surface area contributed by atoms with Crippen LogP contribution in [0.25, 0.3) is 0 Å². The van der Waals surface area contributed by atoms with Crippen molar-refractivity contribution in [2.45, 2.75) is 51.0 Å². The molecule has 17 heavy (non-hydrogen) atoms. The first-order valence-corrected chi connectivity index (χ1v) is 6.35. The van der Waals surface area contributed by atoms with E-state index in [4.69, 9.17) is 5.11 Å². The first kappa shape index (κ1) is 12.1. The highest BCUT2D eigenvalue weighted by Crippen LogP contribution is 2.28. The fourth-order valence-electron chi connectivity index (χ4n) is 2.49. The van der Waals surface area contributed by atoms with Crippen molar-refractivity contribution in [2.24, 2.45) is 5.92 Å². The molecule has 0 heterocycles. The summed E-state index contributed by atoms with van der Waals surface area (Å²) >= 11 is 0. The van der Waals surface area contributed by atoms with Gasteiger partial charge >= 0.3 is 5.97 Å². The quantitative estimate of drug-likeness (QED) is 0.733. The van der Waals surface area contributed by atoms with E-state index < -0.39 is 5.97 Å². The van der Waals surface area contributed by atoms with Crippen LogP contribution in [0.5, 0.6) is 0 Å². The third kappa shape index (κ3) is 3.32. The zero-order valence-corrected chi connectivity index (χ0v) is 9.95. The first-order valence-electron chi connectivity index (χ1n) is 6.35. The molecule has 0 aromatic carbocycles. The number of allylic oxidation sites excluding steroid dienone is 1. The molecule has 4 heteroatoms. The highest BCUT2D eigenvalue weighted by Gasteiger charge is 2.35. The molecule has 0 aromatic rings. The Morgan fingerprint density at radius 2 is 2.12 bits per heavy atom. The summed E-state index contributed by atoms with van der Waals surface area (Å²) < 4.78 is 0. The summed E-state index contributed by atoms with van der Waals surface area (Å²) in [6.07, 6.45) is 8.37. The Balaban J connectivity index is 1.68. The summed E-state index contributed by atoms with van der Waals surface area (Å²) in [6, 6.07) is 0.0767. The second-order valence-corrected chi connectivity index (χ2v) is 5.06. The van der Waals surface area contributed by atoms with Crippen molar-refractivity contribution in [1.82, 2.24) is 5.32 Å². The lowest BCUT2D eigenvalue weighted by Gasteiger charge is -2.33. The molecule has 0 radical (unpaired) electrons. The predicted octanol–water partition coefficient (Wildman–Crippen LogP) is 1.86. The molecule has 1 saturated carbocycles. The van der Waals surface area contributed by atoms with Gasteiger partial charge in [-0.15, -0.1) is 0 Å². The van der Waals surface area contributed by atoms with Crippen LogP contribution in [0, 0.1) is 5.92 Å². The van der Waals surface area contributed by atoms with Crippen LogP contribution < -0.4 is 5.32 Å². The molecule has 0 saturated heterocycles. The number of carboxylic acids is 1. The van der Waals surface area contributed by atoms with Gasteiger partial charge in [-0.2, -0.15) is 0 Å². The number of hydrogen-bond donors (Lipinski definition) is 2. The summed E-state index contributed by atoms with van der Waals surface area (Å²) in [5.74, 6) is -0.952. The van der Waals surface area contributed by atoms with Gasteiger partial charge in [0.15, 0.2) is 0 Å². The number of rotatable bonds is 4. The third-order valence-electron chi connectivity index (χ3n) is 3.63. The van der Waals surface area contributed by atoms with Crippen molar-refractivity contribution in [3.05, 3.63) is 11.6 Å². The number of carbonyl (C=O) groups excluding carboxylic acids is 1. The third-order valence-corrected chi connectivity index (χ3v) is 3.63. The molecule has 4 nitrogen and oxygen atoms in total. The molecule has 0 aliphatic heterocycles. The number of aliphatic carboxylic acids is 1. The van der Waals surface area contributed by atoms with E-state index in [1.807, 2.05) is 0 Å². The minimum atomic E-state index is -0.745. The number of hydrogen-bond acceptors (Lipinski definition) is 2. The van der Waals surface area contributed by atoms with Gasteiger partial charge in [-0.3, -0.25) is 9.59 Å². The smallest absolute Gasteiger partial charge is 0.306 e. The van der Waals surface area contributed by atoms with Crippen molar-refractivity contribution in [1.29, 1.82) is 0 Å². The number of carbonyl (C=O) groups is 2. The van der Waals surface area contributed by atoms with Crippen LogP contribution in [0.3, 0.4) is 0 Å². The molecule has 2 N–H and O–H groups in total. The normalized spacial score (nSPS) is 27.9. The summed E-state index contributed by atoms with van der Waals surface area (Å²) in [7, 11) is 0. The Morgan fingerprint density at radius 1 is 1.35 bits per heavy atom. The lowest BCUT2D eigenvalue weighted by molar-refractivity contribution is -0.146. The van der Waals surface area contributed by atoms with Crippen LogP contribution in [0.15, 0.2) is 11.6 Å². The van der Waals surface area contributed by atoms with E-state index in [0.29, 0.717) is 19.3 Å². The van der Waals surface area contributed by atoms with Gasteiger partial charge in [0.25, 0.3) is 0 Å². The Hall–Kier alpha value is -1.32. The van der Waals surface area contributed by atoms with Gasteiger partial charge in [-0.25, -0.2) is 0 Å². The molecule has 0 unspecified atom stereocenters. The maximum absolute atomic E-state index is 11.7. The largest absolute Gasteiger partial charge is 0.481 e. The minimum Gasteiger partial charge on any atom is -0.481 e. The Morgan fingerprint density at radius 3 is 2.71 bits per heavy atom. The Kier molecular flexibility index (Phi) is 3.82. The highest BCUT2D eigenvalue weighted by atomic mass is 16.4. The van der Waals surface area contributed by atoms with Gasteiger partial charge in [0.1, 0.15) is 0 Å². The van der Waals surface area contributed by atoms with E-state index in [1.54, 1.807) is 0 Å². The van der Waals surface area contributed by atoms with Crippen LogP contribution in [0.4, 0.5) is 0 Å². The zero-order chi connectivity index (χ0) is 12.3. The van der Waals surface area contributed by atoms with Crippen LogP contribution >= 0.6 is 0 Å². The molecular weight excluding hydrogens is 218 g/mol. The maximum atomic E-state index is 11.7. The van der Waals surface area contributed by atoms with Gasteiger partial charge < -0.3 is 10.4 Å². The van der Waals surface area contributed by atoms with Crippen LogP contribution in [-0.4, -0.2) is 23.0 Å². The molecular formula is C13H19NO3.